The van der Waals surface area contributed by atoms with Gasteiger partial charge in [-0.15, -0.1) is 0 Å². The summed E-state index contributed by atoms with van der Waals surface area (Å²) in [7, 11) is 0. The first-order chi connectivity index (χ1) is 14.6. The quantitative estimate of drug-likeness (QED) is 0.248. The molecule has 10 atom stereocenters. The van der Waals surface area contributed by atoms with Gasteiger partial charge in [0.25, 0.3) is 0 Å². The minimum Gasteiger partial charge on any atom is -0.393 e. The molecule has 0 spiro atoms. The summed E-state index contributed by atoms with van der Waals surface area (Å²) in [4.78, 5) is 0. The molecule has 2 saturated heterocycles. The largest absolute Gasteiger partial charge is 0.393 e. The zero-order chi connectivity index (χ0) is 22.6. The van der Waals surface area contributed by atoms with Crippen LogP contribution in [-0.2, 0) is 18.9 Å². The van der Waals surface area contributed by atoms with E-state index in [1.807, 2.05) is 0 Å². The van der Waals surface area contributed by atoms with Crippen LogP contribution < -0.4 is 0 Å². The predicted molar refractivity (Wildman–Crippen MR) is 104 cm³/mol. The zero-order valence-electron chi connectivity index (χ0n) is 17.8. The van der Waals surface area contributed by atoms with Gasteiger partial charge in [-0.25, -0.2) is 0 Å². The molecule has 2 heterocycles. The van der Waals surface area contributed by atoms with E-state index < -0.39 is 55.3 Å². The number of rotatable bonds is 7. The highest BCUT2D eigenvalue weighted by atomic mass is 16.7. The fourth-order valence-corrected chi connectivity index (χ4v) is 5.14. The van der Waals surface area contributed by atoms with Crippen LogP contribution in [0.15, 0.2) is 11.6 Å². The molecule has 5 rings (SSSR count). The first-order valence-corrected chi connectivity index (χ1v) is 10.8. The van der Waals surface area contributed by atoms with Crippen LogP contribution in [0.2, 0.25) is 0 Å². The number of allylic oxidation sites excluding steroid dienone is 1. The Balaban J connectivity index is 1.33. The Bertz CT molecular complexity index is 683. The SMILES string of the molecule is CC1(C)[C@H]2CC=C(CO[C@@H]3O[C@H](CO[C@@H]4OC[C@](O)(CO)[C@H]4O)[C@@H](O)[C@H](O)[C@H]3O)[C@@H]1C2. The second kappa shape index (κ2) is 8.60. The van der Waals surface area contributed by atoms with E-state index in [4.69, 9.17) is 18.9 Å². The van der Waals surface area contributed by atoms with Gasteiger partial charge in [0.2, 0.25) is 0 Å². The maximum Gasteiger partial charge on any atom is 0.187 e. The molecule has 0 aromatic rings. The Hall–Kier alpha value is -0.660. The second-order valence-corrected chi connectivity index (χ2v) is 9.87. The molecular weight excluding hydrogens is 412 g/mol. The van der Waals surface area contributed by atoms with Crippen molar-refractivity contribution in [2.45, 2.75) is 75.4 Å². The van der Waals surface area contributed by atoms with Crippen molar-refractivity contribution in [3.63, 3.8) is 0 Å². The summed E-state index contributed by atoms with van der Waals surface area (Å²) in [5, 5.41) is 60.1. The van der Waals surface area contributed by atoms with Crippen molar-refractivity contribution >= 4 is 0 Å². The molecule has 0 radical (unpaired) electrons. The van der Waals surface area contributed by atoms with Crippen molar-refractivity contribution in [3.8, 4) is 0 Å². The van der Waals surface area contributed by atoms with Gasteiger partial charge in [-0.1, -0.05) is 19.9 Å². The van der Waals surface area contributed by atoms with Gasteiger partial charge >= 0.3 is 0 Å². The average molecular weight is 446 g/mol. The number of ether oxygens (including phenoxy) is 4. The van der Waals surface area contributed by atoms with E-state index in [2.05, 4.69) is 19.9 Å². The topological polar surface area (TPSA) is 158 Å². The van der Waals surface area contributed by atoms with E-state index in [0.717, 1.165) is 18.4 Å². The summed E-state index contributed by atoms with van der Waals surface area (Å²) in [5.41, 5.74) is -0.452. The number of aliphatic hydroxyl groups excluding tert-OH is 5. The van der Waals surface area contributed by atoms with Gasteiger partial charge < -0.3 is 49.6 Å². The molecule has 31 heavy (non-hydrogen) atoms. The monoisotopic (exact) mass is 446 g/mol. The lowest BCUT2D eigenvalue weighted by Gasteiger charge is -2.56. The van der Waals surface area contributed by atoms with Crippen LogP contribution >= 0.6 is 0 Å². The van der Waals surface area contributed by atoms with Crippen LogP contribution in [-0.4, -0.2) is 106 Å². The highest BCUT2D eigenvalue weighted by Gasteiger charge is 2.52. The summed E-state index contributed by atoms with van der Waals surface area (Å²) < 4.78 is 22.0. The smallest absolute Gasteiger partial charge is 0.187 e. The van der Waals surface area contributed by atoms with Crippen molar-refractivity contribution in [2.75, 3.05) is 26.4 Å². The molecule has 2 aliphatic heterocycles. The van der Waals surface area contributed by atoms with Crippen LogP contribution in [0.5, 0.6) is 0 Å². The molecule has 2 bridgehead atoms. The van der Waals surface area contributed by atoms with Crippen molar-refractivity contribution < 1.29 is 49.6 Å². The normalized spacial score (nSPS) is 48.9. The summed E-state index contributed by atoms with van der Waals surface area (Å²) in [6, 6.07) is 0. The molecule has 178 valence electrons. The molecule has 3 aliphatic carbocycles. The lowest BCUT2D eigenvalue weighted by Crippen LogP contribution is -2.60. The van der Waals surface area contributed by atoms with Crippen molar-refractivity contribution in [3.05, 3.63) is 11.6 Å². The number of hydrogen-bond acceptors (Lipinski definition) is 10. The molecule has 0 unspecified atom stereocenters. The molecule has 1 saturated carbocycles. The van der Waals surface area contributed by atoms with Crippen LogP contribution in [0.1, 0.15) is 26.7 Å². The third kappa shape index (κ3) is 4.08. The molecule has 0 aromatic heterocycles. The lowest BCUT2D eigenvalue weighted by molar-refractivity contribution is -0.308. The number of hydrogen-bond donors (Lipinski definition) is 6. The summed E-state index contributed by atoms with van der Waals surface area (Å²) in [5.74, 6) is 1.11. The van der Waals surface area contributed by atoms with Gasteiger partial charge in [-0.2, -0.15) is 0 Å². The molecule has 6 N–H and O–H groups in total. The Labute approximate surface area is 181 Å². The van der Waals surface area contributed by atoms with Gasteiger partial charge in [0, 0.05) is 0 Å². The average Bonchev–Trinajstić information content (AvgIpc) is 3.05. The van der Waals surface area contributed by atoms with Crippen molar-refractivity contribution in [2.24, 2.45) is 17.3 Å². The van der Waals surface area contributed by atoms with Gasteiger partial charge in [0.15, 0.2) is 12.6 Å². The molecule has 0 aromatic carbocycles. The standard InChI is InChI=1S/C21H34O10/c1-20(2)11-4-3-10(12(20)5-11)6-28-18-16(25)15(24)14(23)13(31-18)7-29-19-17(26)21(27,8-22)9-30-19/h3,11-19,22-27H,4-9H2,1-2H3/t11-,12-,13+,14+,15-,16+,17-,18+,19+,21+/m0/s1. The van der Waals surface area contributed by atoms with Crippen molar-refractivity contribution in [1.29, 1.82) is 0 Å². The van der Waals surface area contributed by atoms with E-state index in [1.54, 1.807) is 0 Å². The third-order valence-electron chi connectivity index (χ3n) is 7.67. The first-order valence-electron chi connectivity index (χ1n) is 10.8. The Morgan fingerprint density at radius 1 is 1.06 bits per heavy atom. The van der Waals surface area contributed by atoms with E-state index in [-0.39, 0.29) is 25.2 Å². The summed E-state index contributed by atoms with van der Waals surface area (Å²) in [6.45, 7) is 3.43. The van der Waals surface area contributed by atoms with Crippen molar-refractivity contribution in [1.82, 2.24) is 0 Å². The van der Waals surface area contributed by atoms with Crippen LogP contribution in [0.3, 0.4) is 0 Å². The lowest BCUT2D eigenvalue weighted by atomic mass is 9.49. The molecule has 10 nitrogen and oxygen atoms in total. The number of fused-ring (bicyclic) bond motifs is 1. The summed E-state index contributed by atoms with van der Waals surface area (Å²) in [6.07, 6.45) is -5.07. The Kier molecular flexibility index (Phi) is 6.52. The first kappa shape index (κ1) is 23.5. The minimum atomic E-state index is -1.83. The Morgan fingerprint density at radius 2 is 1.81 bits per heavy atom. The van der Waals surface area contributed by atoms with Gasteiger partial charge in [-0.05, 0) is 35.7 Å². The zero-order valence-corrected chi connectivity index (χ0v) is 17.8. The van der Waals surface area contributed by atoms with Gasteiger partial charge in [-0.3, -0.25) is 0 Å². The van der Waals surface area contributed by atoms with Crippen LogP contribution in [0, 0.1) is 17.3 Å². The molecule has 10 heteroatoms. The van der Waals surface area contributed by atoms with E-state index in [0.29, 0.717) is 11.8 Å². The van der Waals surface area contributed by atoms with Gasteiger partial charge in [0.05, 0.1) is 26.4 Å². The predicted octanol–water partition coefficient (Wildman–Crippen LogP) is -1.74. The molecular formula is C21H34O10. The maximum absolute atomic E-state index is 10.3. The van der Waals surface area contributed by atoms with Gasteiger partial charge in [0.1, 0.15) is 36.1 Å². The number of aliphatic hydroxyl groups is 6. The fraction of sp³-hybridized carbons (Fsp3) is 0.905. The Morgan fingerprint density at radius 3 is 2.42 bits per heavy atom. The van der Waals surface area contributed by atoms with E-state index >= 15 is 0 Å². The molecule has 5 aliphatic rings. The van der Waals surface area contributed by atoms with E-state index in [9.17, 15) is 30.6 Å². The summed E-state index contributed by atoms with van der Waals surface area (Å²) >= 11 is 0. The second-order valence-electron chi connectivity index (χ2n) is 9.87. The highest BCUT2D eigenvalue weighted by Crippen LogP contribution is 2.59. The van der Waals surface area contributed by atoms with Crippen LogP contribution in [0.25, 0.3) is 0 Å². The molecule has 0 amide bonds. The molecule has 3 fully saturated rings. The fourth-order valence-electron chi connectivity index (χ4n) is 5.14. The highest BCUT2D eigenvalue weighted by molar-refractivity contribution is 5.23. The van der Waals surface area contributed by atoms with Crippen LogP contribution in [0.4, 0.5) is 0 Å². The third-order valence-corrected chi connectivity index (χ3v) is 7.67. The maximum atomic E-state index is 10.3. The minimum absolute atomic E-state index is 0.226. The van der Waals surface area contributed by atoms with E-state index in [1.165, 1.54) is 0 Å².